The predicted octanol–water partition coefficient (Wildman–Crippen LogP) is 0.475. The lowest BCUT2D eigenvalue weighted by molar-refractivity contribution is -0.121. The van der Waals surface area contributed by atoms with Gasteiger partial charge in [0.1, 0.15) is 0 Å². The van der Waals surface area contributed by atoms with Gasteiger partial charge in [0.15, 0.2) is 0 Å². The second kappa shape index (κ2) is 1.97. The van der Waals surface area contributed by atoms with Crippen LogP contribution in [0.2, 0.25) is 0 Å². The van der Waals surface area contributed by atoms with Crippen LogP contribution in [0.4, 0.5) is 0 Å². The van der Waals surface area contributed by atoms with Crippen LogP contribution in [0.1, 0.15) is 0 Å². The Hall–Kier alpha value is -1.05. The van der Waals surface area contributed by atoms with E-state index in [2.05, 4.69) is 11.4 Å². The molecule has 1 N–H and O–H groups in total. The van der Waals surface area contributed by atoms with Crippen molar-refractivity contribution in [1.29, 1.82) is 0 Å². The van der Waals surface area contributed by atoms with Gasteiger partial charge in [0.05, 0.1) is 5.92 Å². The zero-order chi connectivity index (χ0) is 6.97. The summed E-state index contributed by atoms with van der Waals surface area (Å²) in [5.74, 6) is 0.702. The van der Waals surface area contributed by atoms with Crippen molar-refractivity contribution >= 4 is 5.91 Å². The van der Waals surface area contributed by atoms with Gasteiger partial charge < -0.3 is 5.32 Å². The average molecular weight is 135 g/mol. The SMILES string of the molecule is O=C1NC[C@H]2C=CC=C[C@@H]12. The maximum Gasteiger partial charge on any atom is 0.227 e. The van der Waals surface area contributed by atoms with Crippen molar-refractivity contribution < 1.29 is 4.79 Å². The molecule has 0 aromatic heterocycles. The van der Waals surface area contributed by atoms with Gasteiger partial charge in [-0.15, -0.1) is 0 Å². The third-order valence-corrected chi connectivity index (χ3v) is 2.06. The summed E-state index contributed by atoms with van der Waals surface area (Å²) >= 11 is 0. The number of hydrogen-bond acceptors (Lipinski definition) is 1. The number of carbonyl (C=O) groups excluding carboxylic acids is 1. The van der Waals surface area contributed by atoms with Crippen LogP contribution in [0.15, 0.2) is 24.3 Å². The smallest absolute Gasteiger partial charge is 0.227 e. The normalized spacial score (nSPS) is 35.8. The fraction of sp³-hybridized carbons (Fsp3) is 0.375. The van der Waals surface area contributed by atoms with Crippen molar-refractivity contribution in [3.8, 4) is 0 Å². The molecule has 0 unspecified atom stereocenters. The molecule has 2 heteroatoms. The number of rotatable bonds is 0. The number of amides is 1. The van der Waals surface area contributed by atoms with Crippen LogP contribution in [0.5, 0.6) is 0 Å². The van der Waals surface area contributed by atoms with E-state index in [4.69, 9.17) is 0 Å². The third-order valence-electron chi connectivity index (χ3n) is 2.06. The minimum Gasteiger partial charge on any atom is -0.355 e. The lowest BCUT2D eigenvalue weighted by Gasteiger charge is -2.09. The topological polar surface area (TPSA) is 29.1 Å². The van der Waals surface area contributed by atoms with Crippen LogP contribution in [-0.2, 0) is 4.79 Å². The molecule has 1 aliphatic carbocycles. The average Bonchev–Trinajstić information content (AvgIpc) is 2.34. The van der Waals surface area contributed by atoms with Gasteiger partial charge in [0.2, 0.25) is 5.91 Å². The summed E-state index contributed by atoms with van der Waals surface area (Å²) in [6.07, 6.45) is 7.99. The number of hydrogen-bond donors (Lipinski definition) is 1. The Kier molecular flexibility index (Phi) is 1.13. The van der Waals surface area contributed by atoms with Crippen molar-refractivity contribution in [1.82, 2.24) is 5.32 Å². The summed E-state index contributed by atoms with van der Waals surface area (Å²) in [6.45, 7) is 0.810. The molecule has 0 aromatic carbocycles. The molecule has 0 spiro atoms. The Morgan fingerprint density at radius 1 is 1.40 bits per heavy atom. The van der Waals surface area contributed by atoms with E-state index in [1.807, 2.05) is 18.2 Å². The molecule has 2 rings (SSSR count). The molecule has 0 saturated carbocycles. The molecule has 0 bridgehead atoms. The number of carbonyl (C=O) groups is 1. The van der Waals surface area contributed by atoms with E-state index in [-0.39, 0.29) is 11.8 Å². The van der Waals surface area contributed by atoms with E-state index in [1.54, 1.807) is 0 Å². The maximum atomic E-state index is 11.0. The molecule has 2 atom stereocenters. The summed E-state index contributed by atoms with van der Waals surface area (Å²) in [5.41, 5.74) is 0. The van der Waals surface area contributed by atoms with E-state index in [0.717, 1.165) is 6.54 Å². The lowest BCUT2D eigenvalue weighted by atomic mass is 9.92. The molecule has 1 amide bonds. The number of fused-ring (bicyclic) bond motifs is 1. The Labute approximate surface area is 59.6 Å². The van der Waals surface area contributed by atoms with Gasteiger partial charge in [-0.1, -0.05) is 24.3 Å². The van der Waals surface area contributed by atoms with Crippen molar-refractivity contribution in [2.75, 3.05) is 6.54 Å². The summed E-state index contributed by atoms with van der Waals surface area (Å²) in [5, 5.41) is 2.82. The monoisotopic (exact) mass is 135 g/mol. The van der Waals surface area contributed by atoms with Crippen LogP contribution < -0.4 is 5.32 Å². The first-order valence-corrected chi connectivity index (χ1v) is 3.50. The molecule has 1 saturated heterocycles. The van der Waals surface area contributed by atoms with Gasteiger partial charge >= 0.3 is 0 Å². The highest BCUT2D eigenvalue weighted by Gasteiger charge is 2.31. The largest absolute Gasteiger partial charge is 0.355 e. The molecule has 1 heterocycles. The summed E-state index contributed by atoms with van der Waals surface area (Å²) < 4.78 is 0. The van der Waals surface area contributed by atoms with E-state index in [0.29, 0.717) is 5.92 Å². The van der Waals surface area contributed by atoms with Crippen molar-refractivity contribution in [3.05, 3.63) is 24.3 Å². The predicted molar refractivity (Wildman–Crippen MR) is 38.3 cm³/mol. The second-order valence-corrected chi connectivity index (χ2v) is 2.70. The van der Waals surface area contributed by atoms with Crippen LogP contribution in [0.3, 0.4) is 0 Å². The summed E-state index contributed by atoms with van der Waals surface area (Å²) in [7, 11) is 0. The van der Waals surface area contributed by atoms with Crippen LogP contribution in [-0.4, -0.2) is 12.5 Å². The Morgan fingerprint density at radius 2 is 2.20 bits per heavy atom. The van der Waals surface area contributed by atoms with E-state index in [9.17, 15) is 4.79 Å². The minimum atomic E-state index is 0.116. The Balaban J connectivity index is 2.27. The van der Waals surface area contributed by atoms with Gasteiger partial charge in [0, 0.05) is 12.5 Å². The fourth-order valence-corrected chi connectivity index (χ4v) is 1.47. The van der Waals surface area contributed by atoms with Crippen molar-refractivity contribution in [3.63, 3.8) is 0 Å². The van der Waals surface area contributed by atoms with Crippen molar-refractivity contribution in [2.24, 2.45) is 11.8 Å². The third kappa shape index (κ3) is 0.685. The first kappa shape index (κ1) is 5.71. The zero-order valence-electron chi connectivity index (χ0n) is 5.58. The fourth-order valence-electron chi connectivity index (χ4n) is 1.47. The molecule has 1 aliphatic heterocycles. The maximum absolute atomic E-state index is 11.0. The quantitative estimate of drug-likeness (QED) is 0.514. The molecule has 2 nitrogen and oxygen atoms in total. The van der Waals surface area contributed by atoms with Gasteiger partial charge in [-0.25, -0.2) is 0 Å². The van der Waals surface area contributed by atoms with Gasteiger partial charge in [0.25, 0.3) is 0 Å². The highest BCUT2D eigenvalue weighted by Crippen LogP contribution is 2.23. The second-order valence-electron chi connectivity index (χ2n) is 2.70. The van der Waals surface area contributed by atoms with Gasteiger partial charge in [-0.3, -0.25) is 4.79 Å². The lowest BCUT2D eigenvalue weighted by Crippen LogP contribution is -2.18. The molecular formula is C8H9NO. The summed E-state index contributed by atoms with van der Waals surface area (Å²) in [6, 6.07) is 0. The Bertz CT molecular complexity index is 217. The molecule has 52 valence electrons. The van der Waals surface area contributed by atoms with E-state index in [1.165, 1.54) is 0 Å². The van der Waals surface area contributed by atoms with E-state index < -0.39 is 0 Å². The molecule has 2 aliphatic rings. The first-order valence-electron chi connectivity index (χ1n) is 3.50. The molecule has 1 fully saturated rings. The summed E-state index contributed by atoms with van der Waals surface area (Å²) in [4.78, 5) is 11.0. The van der Waals surface area contributed by atoms with Crippen LogP contribution in [0, 0.1) is 11.8 Å². The number of nitrogens with one attached hydrogen (secondary N) is 1. The van der Waals surface area contributed by atoms with Crippen LogP contribution in [0.25, 0.3) is 0 Å². The first-order chi connectivity index (χ1) is 4.88. The van der Waals surface area contributed by atoms with Gasteiger partial charge in [-0.05, 0) is 0 Å². The molecule has 10 heavy (non-hydrogen) atoms. The minimum absolute atomic E-state index is 0.116. The standard InChI is InChI=1S/C8H9NO/c10-8-7-4-2-1-3-6(7)5-9-8/h1-4,6-7H,5H2,(H,9,10)/t6-,7-/m1/s1. The van der Waals surface area contributed by atoms with Crippen LogP contribution >= 0.6 is 0 Å². The highest BCUT2D eigenvalue weighted by molar-refractivity contribution is 5.83. The molecular weight excluding hydrogens is 126 g/mol. The van der Waals surface area contributed by atoms with E-state index >= 15 is 0 Å². The van der Waals surface area contributed by atoms with Gasteiger partial charge in [-0.2, -0.15) is 0 Å². The number of allylic oxidation sites excluding steroid dienone is 2. The molecule has 0 aromatic rings. The highest BCUT2D eigenvalue weighted by atomic mass is 16.2. The zero-order valence-corrected chi connectivity index (χ0v) is 5.58. The molecule has 0 radical (unpaired) electrons. The Morgan fingerprint density at radius 3 is 3.00 bits per heavy atom. The van der Waals surface area contributed by atoms with Crippen molar-refractivity contribution in [2.45, 2.75) is 0 Å².